The molecule has 2 heterocycles. The van der Waals surface area contributed by atoms with Gasteiger partial charge in [0.1, 0.15) is 17.7 Å². The normalized spacial score (nSPS) is 20.3. The molecule has 2 rings (SSSR count). The lowest BCUT2D eigenvalue weighted by Crippen LogP contribution is -2.44. The number of aromatic nitrogens is 1. The number of likely N-dealkylation sites (tertiary alicyclic amines) is 1. The van der Waals surface area contributed by atoms with Crippen molar-refractivity contribution in [3.8, 4) is 5.88 Å². The number of nitrogens with zero attached hydrogens (tertiary/aromatic N) is 2. The second kappa shape index (κ2) is 7.61. The number of pyridine rings is 1. The molecule has 2 atom stereocenters. The second-order valence-electron chi connectivity index (χ2n) is 7.03. The maximum Gasteiger partial charge on any atom is 0.417 e. The Bertz CT molecular complexity index is 685. The minimum Gasteiger partial charge on any atom is -0.472 e. The number of hydrogen-bond acceptors (Lipinski definition) is 6. The molecule has 1 amide bonds. The van der Waals surface area contributed by atoms with Crippen LogP contribution in [0.25, 0.3) is 0 Å². The maximum atomic E-state index is 12.6. The summed E-state index contributed by atoms with van der Waals surface area (Å²) < 4.78 is 53.3. The van der Waals surface area contributed by atoms with Gasteiger partial charge < -0.3 is 14.2 Å². The molecule has 7 nitrogen and oxygen atoms in total. The van der Waals surface area contributed by atoms with Crippen LogP contribution in [0.2, 0.25) is 0 Å². The standard InChI is InChI=1S/C17H21F3N2O5/c1-16(2,3)27-15(24)22-9-11(7-12(22)14(23)25-4)26-13-6-5-10(8-21-13)17(18,19)20/h5-6,8,11-12H,7,9H2,1-4H3/t11-,12-/m1/s1. The Morgan fingerprint density at radius 1 is 1.22 bits per heavy atom. The Hall–Kier alpha value is -2.52. The summed E-state index contributed by atoms with van der Waals surface area (Å²) >= 11 is 0. The molecule has 1 aromatic rings. The molecule has 150 valence electrons. The summed E-state index contributed by atoms with van der Waals surface area (Å²) in [4.78, 5) is 29.1. The third-order valence-electron chi connectivity index (χ3n) is 3.72. The highest BCUT2D eigenvalue weighted by Crippen LogP contribution is 2.30. The van der Waals surface area contributed by atoms with Crippen molar-refractivity contribution in [1.82, 2.24) is 9.88 Å². The fraction of sp³-hybridized carbons (Fsp3) is 0.588. The average Bonchev–Trinajstić information content (AvgIpc) is 2.96. The van der Waals surface area contributed by atoms with Crippen molar-refractivity contribution >= 4 is 12.1 Å². The van der Waals surface area contributed by atoms with Crippen molar-refractivity contribution in [1.29, 1.82) is 0 Å². The SMILES string of the molecule is COC(=O)[C@H]1C[C@@H](Oc2ccc(C(F)(F)F)cn2)CN1C(=O)OC(C)(C)C. The molecular formula is C17H21F3N2O5. The fourth-order valence-corrected chi connectivity index (χ4v) is 2.55. The molecule has 1 aliphatic rings. The largest absolute Gasteiger partial charge is 0.472 e. The van der Waals surface area contributed by atoms with Crippen molar-refractivity contribution < 1.29 is 37.0 Å². The molecule has 0 aliphatic carbocycles. The van der Waals surface area contributed by atoms with Crippen LogP contribution in [0.5, 0.6) is 5.88 Å². The van der Waals surface area contributed by atoms with Gasteiger partial charge in [0, 0.05) is 18.7 Å². The Labute approximate surface area is 154 Å². The molecule has 0 bridgehead atoms. The van der Waals surface area contributed by atoms with Crippen LogP contribution < -0.4 is 4.74 Å². The van der Waals surface area contributed by atoms with Gasteiger partial charge in [-0.1, -0.05) is 0 Å². The third-order valence-corrected chi connectivity index (χ3v) is 3.72. The molecule has 0 saturated carbocycles. The Kier molecular flexibility index (Phi) is 5.86. The summed E-state index contributed by atoms with van der Waals surface area (Å²) in [6.07, 6.45) is -5.08. The molecule has 0 aromatic carbocycles. The minimum atomic E-state index is -4.50. The third kappa shape index (κ3) is 5.48. The summed E-state index contributed by atoms with van der Waals surface area (Å²) in [6, 6.07) is 1.02. The second-order valence-corrected chi connectivity index (χ2v) is 7.03. The van der Waals surface area contributed by atoms with Gasteiger partial charge in [-0.25, -0.2) is 14.6 Å². The molecule has 0 radical (unpaired) electrons. The monoisotopic (exact) mass is 390 g/mol. The number of carbonyl (C=O) groups excluding carboxylic acids is 2. The van der Waals surface area contributed by atoms with Gasteiger partial charge in [-0.15, -0.1) is 0 Å². The lowest BCUT2D eigenvalue weighted by Gasteiger charge is -2.27. The van der Waals surface area contributed by atoms with Gasteiger partial charge in [0.2, 0.25) is 5.88 Å². The predicted molar refractivity (Wildman–Crippen MR) is 87.0 cm³/mol. The van der Waals surface area contributed by atoms with E-state index >= 15 is 0 Å². The quantitative estimate of drug-likeness (QED) is 0.739. The molecule has 1 saturated heterocycles. The Balaban J connectivity index is 2.10. The number of alkyl halides is 3. The van der Waals surface area contributed by atoms with Gasteiger partial charge in [-0.05, 0) is 26.8 Å². The number of amides is 1. The number of carbonyl (C=O) groups is 2. The zero-order chi connectivity index (χ0) is 20.4. The minimum absolute atomic E-state index is 0.0113. The van der Waals surface area contributed by atoms with E-state index in [0.29, 0.717) is 6.20 Å². The van der Waals surface area contributed by atoms with E-state index < -0.39 is 41.5 Å². The first-order chi connectivity index (χ1) is 12.4. The highest BCUT2D eigenvalue weighted by Gasteiger charge is 2.43. The topological polar surface area (TPSA) is 78.0 Å². The maximum absolute atomic E-state index is 12.6. The van der Waals surface area contributed by atoms with Crippen molar-refractivity contribution in [3.63, 3.8) is 0 Å². The molecule has 1 aliphatic heterocycles. The van der Waals surface area contributed by atoms with Crippen molar-refractivity contribution in [2.75, 3.05) is 13.7 Å². The number of rotatable bonds is 3. The summed E-state index contributed by atoms with van der Waals surface area (Å²) in [5.41, 5.74) is -1.66. The summed E-state index contributed by atoms with van der Waals surface area (Å²) in [5.74, 6) is -0.671. The van der Waals surface area contributed by atoms with E-state index in [-0.39, 0.29) is 18.8 Å². The number of ether oxygens (including phenoxy) is 3. The van der Waals surface area contributed by atoms with E-state index in [1.165, 1.54) is 12.0 Å². The lowest BCUT2D eigenvalue weighted by atomic mass is 10.2. The van der Waals surface area contributed by atoms with Crippen LogP contribution in [0.1, 0.15) is 32.8 Å². The van der Waals surface area contributed by atoms with E-state index in [2.05, 4.69) is 4.98 Å². The smallest absolute Gasteiger partial charge is 0.417 e. The first kappa shape index (κ1) is 20.8. The van der Waals surface area contributed by atoms with E-state index in [4.69, 9.17) is 14.2 Å². The summed E-state index contributed by atoms with van der Waals surface area (Å²) in [6.45, 7) is 5.08. The van der Waals surface area contributed by atoms with Crippen molar-refractivity contribution in [2.24, 2.45) is 0 Å². The number of halogens is 3. The van der Waals surface area contributed by atoms with E-state index in [1.54, 1.807) is 20.8 Å². The number of hydrogen-bond donors (Lipinski definition) is 0. The molecule has 27 heavy (non-hydrogen) atoms. The number of methoxy groups -OCH3 is 1. The van der Waals surface area contributed by atoms with E-state index in [1.807, 2.05) is 0 Å². The molecule has 0 N–H and O–H groups in total. The van der Waals surface area contributed by atoms with Gasteiger partial charge in [-0.3, -0.25) is 4.90 Å². The molecule has 0 unspecified atom stereocenters. The zero-order valence-corrected chi connectivity index (χ0v) is 15.4. The van der Waals surface area contributed by atoms with Gasteiger partial charge >= 0.3 is 18.2 Å². The first-order valence-corrected chi connectivity index (χ1v) is 8.18. The van der Waals surface area contributed by atoms with Crippen LogP contribution in [0.15, 0.2) is 18.3 Å². The van der Waals surface area contributed by atoms with Crippen LogP contribution in [-0.4, -0.2) is 53.3 Å². The zero-order valence-electron chi connectivity index (χ0n) is 15.4. The van der Waals surface area contributed by atoms with E-state index in [0.717, 1.165) is 12.1 Å². The molecular weight excluding hydrogens is 369 g/mol. The van der Waals surface area contributed by atoms with Gasteiger partial charge in [0.25, 0.3) is 0 Å². The molecule has 1 fully saturated rings. The van der Waals surface area contributed by atoms with Gasteiger partial charge in [0.15, 0.2) is 0 Å². The van der Waals surface area contributed by atoms with Gasteiger partial charge in [-0.2, -0.15) is 13.2 Å². The highest BCUT2D eigenvalue weighted by molar-refractivity contribution is 5.82. The Morgan fingerprint density at radius 2 is 1.89 bits per heavy atom. The predicted octanol–water partition coefficient (Wildman–Crippen LogP) is 3.03. The number of esters is 1. The van der Waals surface area contributed by atoms with Crippen LogP contribution in [0.3, 0.4) is 0 Å². The Morgan fingerprint density at radius 3 is 2.37 bits per heavy atom. The lowest BCUT2D eigenvalue weighted by molar-refractivity contribution is -0.145. The van der Waals surface area contributed by atoms with Crippen LogP contribution in [0.4, 0.5) is 18.0 Å². The summed E-state index contributed by atoms with van der Waals surface area (Å²) in [5, 5.41) is 0. The van der Waals surface area contributed by atoms with E-state index in [9.17, 15) is 22.8 Å². The van der Waals surface area contributed by atoms with Gasteiger partial charge in [0.05, 0.1) is 19.2 Å². The highest BCUT2D eigenvalue weighted by atomic mass is 19.4. The van der Waals surface area contributed by atoms with Crippen LogP contribution in [-0.2, 0) is 20.4 Å². The molecule has 1 aromatic heterocycles. The van der Waals surface area contributed by atoms with Crippen LogP contribution in [0, 0.1) is 0 Å². The fourth-order valence-electron chi connectivity index (χ4n) is 2.55. The summed E-state index contributed by atoms with van der Waals surface area (Å²) in [7, 11) is 1.20. The van der Waals surface area contributed by atoms with Crippen molar-refractivity contribution in [3.05, 3.63) is 23.9 Å². The van der Waals surface area contributed by atoms with Crippen LogP contribution >= 0.6 is 0 Å². The molecule has 10 heteroatoms. The average molecular weight is 390 g/mol. The first-order valence-electron chi connectivity index (χ1n) is 8.18. The molecule has 0 spiro atoms. The van der Waals surface area contributed by atoms with Crippen molar-refractivity contribution in [2.45, 2.75) is 51.1 Å².